The summed E-state index contributed by atoms with van der Waals surface area (Å²) in [6.07, 6.45) is 17.0. The van der Waals surface area contributed by atoms with Gasteiger partial charge in [0, 0.05) is 19.0 Å². The molecule has 7 heteroatoms. The topological polar surface area (TPSA) is 92.9 Å². The number of ether oxygens (including phenoxy) is 1. The molecule has 0 radical (unpaired) electrons. The van der Waals surface area contributed by atoms with E-state index in [1.807, 2.05) is 38.1 Å². The van der Waals surface area contributed by atoms with Crippen molar-refractivity contribution in [3.05, 3.63) is 77.1 Å². The van der Waals surface area contributed by atoms with Gasteiger partial charge in [0.25, 0.3) is 0 Å². The van der Waals surface area contributed by atoms with E-state index in [1.165, 1.54) is 36.7 Å². The third-order valence-corrected chi connectivity index (χ3v) is 6.83. The highest BCUT2D eigenvalue weighted by atomic mass is 16.5. The summed E-state index contributed by atoms with van der Waals surface area (Å²) < 4.78 is 11.8. The quantitative estimate of drug-likeness (QED) is 0.371. The molecule has 7 nitrogen and oxygen atoms in total. The van der Waals surface area contributed by atoms with Gasteiger partial charge in [-0.05, 0) is 68.4 Å². The van der Waals surface area contributed by atoms with Crippen LogP contribution in [0.15, 0.2) is 53.0 Å². The number of amides is 1. The Morgan fingerprint density at radius 3 is 2.81 bits per heavy atom. The molecule has 0 bridgehead atoms. The lowest BCUT2D eigenvalue weighted by Gasteiger charge is -2.34. The second-order valence-corrected chi connectivity index (χ2v) is 9.33. The molecule has 1 N–H and O–H groups in total. The van der Waals surface area contributed by atoms with E-state index >= 15 is 0 Å². The average molecular weight is 491 g/mol. The van der Waals surface area contributed by atoms with Crippen molar-refractivity contribution in [3.8, 4) is 5.75 Å². The molecule has 1 amide bonds. The van der Waals surface area contributed by atoms with Crippen molar-refractivity contribution in [2.24, 2.45) is 5.92 Å². The molecule has 1 unspecified atom stereocenters. The molecule has 0 saturated heterocycles. The molecule has 1 aliphatic carbocycles. The van der Waals surface area contributed by atoms with Crippen LogP contribution in [-0.2, 0) is 22.4 Å². The van der Waals surface area contributed by atoms with Gasteiger partial charge in [-0.3, -0.25) is 4.79 Å². The molecular formula is C29H34N2O5. The number of oxazole rings is 1. The predicted molar refractivity (Wildman–Crippen MR) is 138 cm³/mol. The van der Waals surface area contributed by atoms with E-state index in [0.29, 0.717) is 49.1 Å². The number of rotatable bonds is 9. The minimum atomic E-state index is -1.06. The van der Waals surface area contributed by atoms with Crippen LogP contribution >= 0.6 is 0 Å². The Hall–Kier alpha value is -3.61. The maximum absolute atomic E-state index is 12.7. The zero-order valence-electron chi connectivity index (χ0n) is 21.0. The molecular weight excluding hydrogens is 456 g/mol. The number of hydrogen-bond acceptors (Lipinski definition) is 5. The number of carbonyl (C=O) groups excluding carboxylic acids is 1. The fourth-order valence-corrected chi connectivity index (χ4v) is 4.92. The predicted octanol–water partition coefficient (Wildman–Crippen LogP) is 5.45. The minimum Gasteiger partial charge on any atom is -0.493 e. The van der Waals surface area contributed by atoms with E-state index in [9.17, 15) is 14.7 Å². The van der Waals surface area contributed by atoms with Crippen LogP contribution < -0.4 is 4.74 Å². The molecule has 1 fully saturated rings. The summed E-state index contributed by atoms with van der Waals surface area (Å²) in [5, 5.41) is 9.94. The number of benzene rings is 1. The number of aryl methyl sites for hydroxylation is 1. The minimum absolute atomic E-state index is 0.322. The van der Waals surface area contributed by atoms with Gasteiger partial charge in [-0.25, -0.2) is 9.78 Å². The number of aromatic nitrogens is 1. The van der Waals surface area contributed by atoms with E-state index in [4.69, 9.17) is 9.15 Å². The molecule has 1 aromatic carbocycles. The van der Waals surface area contributed by atoms with Gasteiger partial charge in [0.1, 0.15) is 11.5 Å². The molecule has 1 atom stereocenters. The number of carboxylic acids is 1. The fourth-order valence-electron chi connectivity index (χ4n) is 4.92. The van der Waals surface area contributed by atoms with Crippen LogP contribution in [0.4, 0.5) is 0 Å². The Bertz CT molecular complexity index is 1170. The highest BCUT2D eigenvalue weighted by molar-refractivity contribution is 5.92. The largest absolute Gasteiger partial charge is 0.493 e. The third-order valence-electron chi connectivity index (χ3n) is 6.83. The SMILES string of the molecule is CC=CC=CC(=O)N1CCc2ccc(OCCc3nc(/C=C/C4CCCC4)oc3C)cc2C1C(=O)O. The van der Waals surface area contributed by atoms with E-state index < -0.39 is 12.0 Å². The number of allylic oxidation sites excluding steroid dienone is 4. The van der Waals surface area contributed by atoms with Gasteiger partial charge >= 0.3 is 5.97 Å². The zero-order valence-corrected chi connectivity index (χ0v) is 21.0. The van der Waals surface area contributed by atoms with Crippen molar-refractivity contribution in [2.75, 3.05) is 13.2 Å². The summed E-state index contributed by atoms with van der Waals surface area (Å²) in [4.78, 5) is 30.8. The molecule has 36 heavy (non-hydrogen) atoms. The smallest absolute Gasteiger partial charge is 0.331 e. The van der Waals surface area contributed by atoms with Crippen LogP contribution in [0, 0.1) is 12.8 Å². The summed E-state index contributed by atoms with van der Waals surface area (Å²) in [5.41, 5.74) is 2.37. The zero-order chi connectivity index (χ0) is 25.5. The first-order valence-electron chi connectivity index (χ1n) is 12.7. The van der Waals surface area contributed by atoms with Crippen LogP contribution in [0.2, 0.25) is 0 Å². The van der Waals surface area contributed by atoms with Crippen LogP contribution in [0.5, 0.6) is 5.75 Å². The molecule has 1 aliphatic heterocycles. The average Bonchev–Trinajstić information content (AvgIpc) is 3.51. The van der Waals surface area contributed by atoms with Crippen molar-refractivity contribution >= 4 is 18.0 Å². The summed E-state index contributed by atoms with van der Waals surface area (Å²) in [5.74, 6) is 1.22. The van der Waals surface area contributed by atoms with E-state index in [1.54, 1.807) is 18.2 Å². The maximum Gasteiger partial charge on any atom is 0.331 e. The molecule has 2 aliphatic rings. The molecule has 190 valence electrons. The maximum atomic E-state index is 12.7. The summed E-state index contributed by atoms with van der Waals surface area (Å²) in [6.45, 7) is 4.49. The number of aliphatic carboxylic acids is 1. The molecule has 2 aromatic rings. The fraction of sp³-hybridized carbons (Fsp3) is 0.414. The summed E-state index contributed by atoms with van der Waals surface area (Å²) >= 11 is 0. The Morgan fingerprint density at radius 2 is 2.06 bits per heavy atom. The lowest BCUT2D eigenvalue weighted by atomic mass is 9.92. The van der Waals surface area contributed by atoms with E-state index in [2.05, 4.69) is 11.1 Å². The molecule has 0 spiro atoms. The van der Waals surface area contributed by atoms with Gasteiger partial charge in [0.15, 0.2) is 6.04 Å². The highest BCUT2D eigenvalue weighted by Gasteiger charge is 2.35. The van der Waals surface area contributed by atoms with Gasteiger partial charge in [-0.15, -0.1) is 0 Å². The van der Waals surface area contributed by atoms with Crippen LogP contribution in [-0.4, -0.2) is 40.0 Å². The number of nitrogens with zero attached hydrogens (tertiary/aromatic N) is 2. The highest BCUT2D eigenvalue weighted by Crippen LogP contribution is 2.33. The first-order valence-corrected chi connectivity index (χ1v) is 12.7. The normalized spacial score (nSPS) is 18.5. The summed E-state index contributed by atoms with van der Waals surface area (Å²) in [6, 6.07) is 4.44. The van der Waals surface area contributed by atoms with Crippen LogP contribution in [0.3, 0.4) is 0 Å². The Labute approximate surface area is 212 Å². The lowest BCUT2D eigenvalue weighted by Crippen LogP contribution is -2.42. The Kier molecular flexibility index (Phi) is 8.41. The van der Waals surface area contributed by atoms with Gasteiger partial charge in [0.2, 0.25) is 11.8 Å². The van der Waals surface area contributed by atoms with Crippen LogP contribution in [0.25, 0.3) is 6.08 Å². The van der Waals surface area contributed by atoms with Gasteiger partial charge in [-0.1, -0.05) is 43.2 Å². The number of carbonyl (C=O) groups is 2. The number of fused-ring (bicyclic) bond motifs is 1. The van der Waals surface area contributed by atoms with Gasteiger partial charge in [0.05, 0.1) is 12.3 Å². The second-order valence-electron chi connectivity index (χ2n) is 9.33. The second kappa shape index (κ2) is 11.9. The standard InChI is InChI=1S/C29H34N2O5/c1-3-4-5-10-27(32)31-17-15-22-12-13-23(19-24(22)28(31)29(33)34)35-18-16-25-20(2)36-26(30-25)14-11-21-8-6-7-9-21/h3-5,10-14,19,21,28H,6-9,15-18H2,1-2H3,(H,33,34)/b4-3?,10-5?,14-11+. The van der Waals surface area contributed by atoms with E-state index in [0.717, 1.165) is 17.0 Å². The monoisotopic (exact) mass is 490 g/mol. The molecule has 2 heterocycles. The van der Waals surface area contributed by atoms with Crippen molar-refractivity contribution in [1.29, 1.82) is 0 Å². The Morgan fingerprint density at radius 1 is 1.25 bits per heavy atom. The first kappa shape index (κ1) is 25.5. The number of carboxylic acid groups (broad SMARTS) is 1. The summed E-state index contributed by atoms with van der Waals surface area (Å²) in [7, 11) is 0. The molecule has 1 aromatic heterocycles. The van der Waals surface area contributed by atoms with Crippen molar-refractivity contribution in [1.82, 2.24) is 9.88 Å². The third kappa shape index (κ3) is 6.14. The van der Waals surface area contributed by atoms with Crippen LogP contribution in [0.1, 0.15) is 67.1 Å². The molecule has 1 saturated carbocycles. The van der Waals surface area contributed by atoms with Crippen molar-refractivity contribution < 1.29 is 23.8 Å². The van der Waals surface area contributed by atoms with Crippen molar-refractivity contribution in [2.45, 2.75) is 58.4 Å². The first-order chi connectivity index (χ1) is 17.5. The number of hydrogen-bond donors (Lipinski definition) is 1. The van der Waals surface area contributed by atoms with Gasteiger partial charge < -0.3 is 19.2 Å². The van der Waals surface area contributed by atoms with Gasteiger partial charge in [-0.2, -0.15) is 0 Å². The Balaban J connectivity index is 1.41. The van der Waals surface area contributed by atoms with E-state index in [-0.39, 0.29) is 5.91 Å². The van der Waals surface area contributed by atoms with Crippen molar-refractivity contribution in [3.63, 3.8) is 0 Å². The lowest BCUT2D eigenvalue weighted by molar-refractivity contribution is -0.149. The molecule has 4 rings (SSSR count).